The second-order valence-electron chi connectivity index (χ2n) is 5.00. The third kappa shape index (κ3) is 3.05. The van der Waals surface area contributed by atoms with Crippen molar-refractivity contribution in [2.75, 3.05) is 19.8 Å². The molecular formula is C14H19NO4. The lowest BCUT2D eigenvalue weighted by Crippen LogP contribution is -2.54. The predicted molar refractivity (Wildman–Crippen MR) is 70.2 cm³/mol. The van der Waals surface area contributed by atoms with E-state index in [1.54, 1.807) is 19.1 Å². The van der Waals surface area contributed by atoms with Gasteiger partial charge < -0.3 is 20.3 Å². The molecule has 0 unspecified atom stereocenters. The maximum absolute atomic E-state index is 12.3. The summed E-state index contributed by atoms with van der Waals surface area (Å²) < 4.78 is 5.26. The minimum absolute atomic E-state index is 0.0980. The Morgan fingerprint density at radius 3 is 2.68 bits per heavy atom. The molecule has 0 atom stereocenters. The van der Waals surface area contributed by atoms with Gasteiger partial charge >= 0.3 is 0 Å². The van der Waals surface area contributed by atoms with Crippen LogP contribution in [0.1, 0.15) is 28.8 Å². The van der Waals surface area contributed by atoms with E-state index >= 15 is 0 Å². The molecule has 1 aromatic rings. The molecule has 1 aromatic carbocycles. The highest BCUT2D eigenvalue weighted by molar-refractivity contribution is 5.96. The number of aryl methyl sites for hydroxylation is 1. The van der Waals surface area contributed by atoms with E-state index < -0.39 is 5.54 Å². The van der Waals surface area contributed by atoms with Crippen LogP contribution in [0.2, 0.25) is 0 Å². The maximum Gasteiger partial charge on any atom is 0.252 e. The summed E-state index contributed by atoms with van der Waals surface area (Å²) in [7, 11) is 0. The number of ether oxygens (including phenoxy) is 1. The standard InChI is InChI=1S/C14H19NO4/c1-10-8-11(17)2-3-12(10)13(18)15-14(9-16)4-6-19-7-5-14/h2-3,8,16-17H,4-7,9H2,1H3,(H,15,18). The van der Waals surface area contributed by atoms with E-state index in [9.17, 15) is 15.0 Å². The zero-order valence-electron chi connectivity index (χ0n) is 11.0. The number of aliphatic hydroxyl groups is 1. The van der Waals surface area contributed by atoms with Crippen molar-refractivity contribution in [3.05, 3.63) is 29.3 Å². The molecule has 19 heavy (non-hydrogen) atoms. The lowest BCUT2D eigenvalue weighted by atomic mass is 9.90. The summed E-state index contributed by atoms with van der Waals surface area (Å²) in [5, 5.41) is 21.8. The van der Waals surface area contributed by atoms with Crippen LogP contribution < -0.4 is 5.32 Å². The quantitative estimate of drug-likeness (QED) is 0.761. The van der Waals surface area contributed by atoms with E-state index in [1.807, 2.05) is 0 Å². The zero-order valence-corrected chi connectivity index (χ0v) is 11.0. The van der Waals surface area contributed by atoms with Gasteiger partial charge in [0.1, 0.15) is 5.75 Å². The molecule has 0 spiro atoms. The summed E-state index contributed by atoms with van der Waals surface area (Å²) in [5.41, 5.74) is 0.620. The minimum atomic E-state index is -0.598. The van der Waals surface area contributed by atoms with Crippen molar-refractivity contribution in [1.29, 1.82) is 0 Å². The molecule has 0 aromatic heterocycles. The number of benzene rings is 1. The summed E-state index contributed by atoms with van der Waals surface area (Å²) in [6, 6.07) is 4.62. The Morgan fingerprint density at radius 2 is 2.11 bits per heavy atom. The molecule has 1 aliphatic heterocycles. The fourth-order valence-corrected chi connectivity index (χ4v) is 2.30. The molecule has 0 bridgehead atoms. The van der Waals surface area contributed by atoms with Crippen LogP contribution in [0.15, 0.2) is 18.2 Å². The Labute approximate surface area is 112 Å². The van der Waals surface area contributed by atoms with Crippen molar-refractivity contribution < 1.29 is 19.7 Å². The number of rotatable bonds is 3. The molecule has 0 radical (unpaired) electrons. The topological polar surface area (TPSA) is 78.8 Å². The van der Waals surface area contributed by atoms with Crippen molar-refractivity contribution in [3.63, 3.8) is 0 Å². The number of aromatic hydroxyl groups is 1. The van der Waals surface area contributed by atoms with Gasteiger partial charge in [0.05, 0.1) is 12.1 Å². The Hall–Kier alpha value is -1.59. The normalized spacial score (nSPS) is 18.0. The van der Waals surface area contributed by atoms with Crippen LogP contribution in [0.25, 0.3) is 0 Å². The molecule has 5 nitrogen and oxygen atoms in total. The van der Waals surface area contributed by atoms with Crippen molar-refractivity contribution in [3.8, 4) is 5.75 Å². The number of carbonyl (C=O) groups is 1. The van der Waals surface area contributed by atoms with Gasteiger partial charge in [0.15, 0.2) is 0 Å². The molecule has 2 rings (SSSR count). The number of carbonyl (C=O) groups excluding carboxylic acids is 1. The molecule has 0 aliphatic carbocycles. The highest BCUT2D eigenvalue weighted by Crippen LogP contribution is 2.22. The molecule has 1 aliphatic rings. The number of nitrogens with one attached hydrogen (secondary N) is 1. The maximum atomic E-state index is 12.3. The van der Waals surface area contributed by atoms with Crippen LogP contribution in [0, 0.1) is 6.92 Å². The summed E-state index contributed by atoms with van der Waals surface area (Å²) in [6.07, 6.45) is 1.21. The van der Waals surface area contributed by atoms with E-state index in [1.165, 1.54) is 6.07 Å². The molecule has 0 saturated carbocycles. The largest absolute Gasteiger partial charge is 0.508 e. The minimum Gasteiger partial charge on any atom is -0.508 e. The van der Waals surface area contributed by atoms with Crippen LogP contribution in [0.5, 0.6) is 5.75 Å². The highest BCUT2D eigenvalue weighted by Gasteiger charge is 2.33. The Morgan fingerprint density at radius 1 is 1.42 bits per heavy atom. The molecular weight excluding hydrogens is 246 g/mol. The number of hydrogen-bond acceptors (Lipinski definition) is 4. The average molecular weight is 265 g/mol. The van der Waals surface area contributed by atoms with E-state index in [0.29, 0.717) is 37.2 Å². The van der Waals surface area contributed by atoms with E-state index in [4.69, 9.17) is 4.74 Å². The summed E-state index contributed by atoms with van der Waals surface area (Å²) in [6.45, 7) is 2.74. The highest BCUT2D eigenvalue weighted by atomic mass is 16.5. The van der Waals surface area contributed by atoms with Gasteiger partial charge in [0, 0.05) is 18.8 Å². The lowest BCUT2D eigenvalue weighted by molar-refractivity contribution is 0.0125. The first kappa shape index (κ1) is 13.8. The van der Waals surface area contributed by atoms with Crippen molar-refractivity contribution in [2.45, 2.75) is 25.3 Å². The Kier molecular flexibility index (Phi) is 4.07. The zero-order chi connectivity index (χ0) is 13.9. The fourth-order valence-electron chi connectivity index (χ4n) is 2.30. The SMILES string of the molecule is Cc1cc(O)ccc1C(=O)NC1(CO)CCOCC1. The number of phenols is 1. The van der Waals surface area contributed by atoms with Gasteiger partial charge in [0.25, 0.3) is 5.91 Å². The van der Waals surface area contributed by atoms with Gasteiger partial charge in [-0.3, -0.25) is 4.79 Å². The van der Waals surface area contributed by atoms with E-state index in [2.05, 4.69) is 5.32 Å². The Bertz CT molecular complexity index is 467. The van der Waals surface area contributed by atoms with Gasteiger partial charge in [-0.15, -0.1) is 0 Å². The van der Waals surface area contributed by atoms with Gasteiger partial charge in [0.2, 0.25) is 0 Å². The van der Waals surface area contributed by atoms with Crippen molar-refractivity contribution in [1.82, 2.24) is 5.32 Å². The number of amides is 1. The molecule has 1 fully saturated rings. The van der Waals surface area contributed by atoms with Crippen LogP contribution in [0.3, 0.4) is 0 Å². The van der Waals surface area contributed by atoms with E-state index in [-0.39, 0.29) is 18.3 Å². The summed E-state index contributed by atoms with van der Waals surface area (Å²) in [4.78, 5) is 12.3. The number of hydrogen-bond donors (Lipinski definition) is 3. The third-order valence-corrected chi connectivity index (χ3v) is 3.59. The smallest absolute Gasteiger partial charge is 0.252 e. The number of phenolic OH excluding ortho intramolecular Hbond substituents is 1. The molecule has 1 heterocycles. The molecule has 1 saturated heterocycles. The van der Waals surface area contributed by atoms with Crippen LogP contribution in [-0.4, -0.2) is 41.5 Å². The van der Waals surface area contributed by atoms with Gasteiger partial charge in [-0.05, 0) is 43.5 Å². The first-order valence-corrected chi connectivity index (χ1v) is 6.37. The second-order valence-corrected chi connectivity index (χ2v) is 5.00. The van der Waals surface area contributed by atoms with Crippen LogP contribution in [0.4, 0.5) is 0 Å². The van der Waals surface area contributed by atoms with Crippen molar-refractivity contribution >= 4 is 5.91 Å². The molecule has 104 valence electrons. The predicted octanol–water partition coefficient (Wildman–Crippen LogP) is 0.972. The van der Waals surface area contributed by atoms with Crippen LogP contribution >= 0.6 is 0 Å². The average Bonchev–Trinajstić information content (AvgIpc) is 2.39. The third-order valence-electron chi connectivity index (χ3n) is 3.59. The first-order chi connectivity index (χ1) is 9.06. The van der Waals surface area contributed by atoms with Crippen LogP contribution in [-0.2, 0) is 4.74 Å². The molecule has 5 heteroatoms. The van der Waals surface area contributed by atoms with Crippen molar-refractivity contribution in [2.24, 2.45) is 0 Å². The monoisotopic (exact) mass is 265 g/mol. The summed E-state index contributed by atoms with van der Waals surface area (Å²) in [5.74, 6) is -0.0922. The lowest BCUT2D eigenvalue weighted by Gasteiger charge is -2.36. The molecule has 1 amide bonds. The van der Waals surface area contributed by atoms with Gasteiger partial charge in [-0.1, -0.05) is 0 Å². The second kappa shape index (κ2) is 5.59. The van der Waals surface area contributed by atoms with Gasteiger partial charge in [-0.2, -0.15) is 0 Å². The first-order valence-electron chi connectivity index (χ1n) is 6.37. The van der Waals surface area contributed by atoms with E-state index in [0.717, 1.165) is 0 Å². The molecule has 3 N–H and O–H groups in total. The summed E-state index contributed by atoms with van der Waals surface area (Å²) >= 11 is 0. The number of aliphatic hydroxyl groups excluding tert-OH is 1. The Balaban J connectivity index is 2.15. The fraction of sp³-hybridized carbons (Fsp3) is 0.500. The van der Waals surface area contributed by atoms with Gasteiger partial charge in [-0.25, -0.2) is 0 Å².